The number of aromatic nitrogens is 2. The molecule has 0 unspecified atom stereocenters. The molecule has 1 amide bonds. The van der Waals surface area contributed by atoms with Gasteiger partial charge in [-0.3, -0.25) is 4.79 Å². The van der Waals surface area contributed by atoms with E-state index in [1.54, 1.807) is 29.5 Å². The minimum atomic E-state index is -0.260. The fraction of sp³-hybridized carbons (Fsp3) is 0.143. The van der Waals surface area contributed by atoms with Crippen molar-refractivity contribution in [3.8, 4) is 10.4 Å². The standard InChI is InChI=1S/C21H19N5O2S/c1-13-24-18-12-15(5-7-19(18)26(13)9-8-23-28)21(27)25-17-11-14(4-6-16(17)22)20-3-2-10-29-20/h2-7,10-12H,8-9,22H2,1H3,(H,25,27). The van der Waals surface area contributed by atoms with Crippen molar-refractivity contribution in [3.63, 3.8) is 0 Å². The van der Waals surface area contributed by atoms with Gasteiger partial charge in [-0.15, -0.1) is 11.3 Å². The first-order valence-electron chi connectivity index (χ1n) is 9.07. The molecule has 0 aliphatic rings. The predicted molar refractivity (Wildman–Crippen MR) is 117 cm³/mol. The van der Waals surface area contributed by atoms with Gasteiger partial charge in [-0.05, 0) is 54.3 Å². The molecule has 2 aromatic heterocycles. The molecular formula is C21H19N5O2S. The van der Waals surface area contributed by atoms with Gasteiger partial charge in [0, 0.05) is 17.0 Å². The molecule has 2 aromatic carbocycles. The Labute approximate surface area is 171 Å². The number of nitrogens with one attached hydrogen (secondary N) is 1. The second-order valence-electron chi connectivity index (χ2n) is 6.60. The summed E-state index contributed by atoms with van der Waals surface area (Å²) in [7, 11) is 0. The fourth-order valence-electron chi connectivity index (χ4n) is 3.27. The van der Waals surface area contributed by atoms with Gasteiger partial charge in [-0.1, -0.05) is 17.3 Å². The van der Waals surface area contributed by atoms with Gasteiger partial charge in [-0.2, -0.15) is 4.91 Å². The number of benzene rings is 2. The zero-order chi connectivity index (χ0) is 20.4. The summed E-state index contributed by atoms with van der Waals surface area (Å²) in [6, 6.07) is 14.9. The van der Waals surface area contributed by atoms with E-state index in [0.29, 0.717) is 29.0 Å². The zero-order valence-corrected chi connectivity index (χ0v) is 16.6. The molecule has 0 aliphatic heterocycles. The van der Waals surface area contributed by atoms with Crippen LogP contribution >= 0.6 is 11.3 Å². The van der Waals surface area contributed by atoms with Crippen LogP contribution in [-0.4, -0.2) is 22.0 Å². The highest BCUT2D eigenvalue weighted by atomic mass is 32.1. The third kappa shape index (κ3) is 3.74. The first-order chi connectivity index (χ1) is 14.1. The number of nitroso groups, excluding NO2 is 1. The van der Waals surface area contributed by atoms with Crippen molar-refractivity contribution < 1.29 is 4.79 Å². The number of carbonyl (C=O) groups is 1. The maximum absolute atomic E-state index is 12.8. The minimum Gasteiger partial charge on any atom is -0.397 e. The highest BCUT2D eigenvalue weighted by Gasteiger charge is 2.13. The quantitative estimate of drug-likeness (QED) is 0.359. The van der Waals surface area contributed by atoms with E-state index in [1.165, 1.54) is 0 Å². The summed E-state index contributed by atoms with van der Waals surface area (Å²) >= 11 is 1.63. The topological polar surface area (TPSA) is 102 Å². The van der Waals surface area contributed by atoms with Crippen LogP contribution in [0.2, 0.25) is 0 Å². The Balaban J connectivity index is 1.61. The lowest BCUT2D eigenvalue weighted by Gasteiger charge is -2.10. The Morgan fingerprint density at radius 3 is 2.86 bits per heavy atom. The van der Waals surface area contributed by atoms with E-state index in [1.807, 2.05) is 47.2 Å². The fourth-order valence-corrected chi connectivity index (χ4v) is 3.99. The lowest BCUT2D eigenvalue weighted by atomic mass is 10.1. The second kappa shape index (κ2) is 7.84. The number of nitrogens with zero attached hydrogens (tertiary/aromatic N) is 3. The molecule has 8 heteroatoms. The van der Waals surface area contributed by atoms with Gasteiger partial charge in [0.1, 0.15) is 5.82 Å². The maximum Gasteiger partial charge on any atom is 0.255 e. The number of fused-ring (bicyclic) bond motifs is 1. The van der Waals surface area contributed by atoms with Crippen molar-refractivity contribution >= 4 is 39.7 Å². The molecule has 0 aliphatic carbocycles. The van der Waals surface area contributed by atoms with E-state index in [4.69, 9.17) is 5.73 Å². The van der Waals surface area contributed by atoms with Crippen LogP contribution in [0.15, 0.2) is 59.1 Å². The van der Waals surface area contributed by atoms with Crippen molar-refractivity contribution in [2.45, 2.75) is 13.5 Å². The zero-order valence-electron chi connectivity index (χ0n) is 15.8. The lowest BCUT2D eigenvalue weighted by molar-refractivity contribution is 0.102. The van der Waals surface area contributed by atoms with E-state index in [0.717, 1.165) is 21.8 Å². The van der Waals surface area contributed by atoms with Crippen molar-refractivity contribution in [1.29, 1.82) is 0 Å². The third-order valence-corrected chi connectivity index (χ3v) is 5.64. The number of aryl methyl sites for hydroxylation is 1. The molecule has 4 aromatic rings. The Morgan fingerprint density at radius 2 is 2.10 bits per heavy atom. The predicted octanol–water partition coefficient (Wildman–Crippen LogP) is 4.67. The molecule has 0 bridgehead atoms. The number of anilines is 2. The summed E-state index contributed by atoms with van der Waals surface area (Å²) in [5, 5.41) is 7.82. The van der Waals surface area contributed by atoms with Crippen LogP contribution in [0.5, 0.6) is 0 Å². The SMILES string of the molecule is Cc1nc2cc(C(=O)Nc3cc(-c4cccs4)ccc3N)ccc2n1CCN=O. The number of imidazole rings is 1. The van der Waals surface area contributed by atoms with E-state index in [9.17, 15) is 9.70 Å². The van der Waals surface area contributed by atoms with Gasteiger partial charge >= 0.3 is 0 Å². The number of carbonyl (C=O) groups excluding carboxylic acids is 1. The summed E-state index contributed by atoms with van der Waals surface area (Å²) in [5.41, 5.74) is 10.2. The summed E-state index contributed by atoms with van der Waals surface area (Å²) in [5.74, 6) is 0.512. The van der Waals surface area contributed by atoms with E-state index in [2.05, 4.69) is 15.5 Å². The summed E-state index contributed by atoms with van der Waals surface area (Å²) in [4.78, 5) is 28.9. The lowest BCUT2D eigenvalue weighted by Crippen LogP contribution is -2.13. The number of nitrogens with two attached hydrogens (primary N) is 1. The summed E-state index contributed by atoms with van der Waals surface area (Å²) < 4.78 is 1.92. The molecular weight excluding hydrogens is 386 g/mol. The van der Waals surface area contributed by atoms with Crippen molar-refractivity contribution in [3.05, 3.63) is 70.2 Å². The normalized spacial score (nSPS) is 10.9. The third-order valence-electron chi connectivity index (χ3n) is 4.72. The van der Waals surface area contributed by atoms with Gasteiger partial charge in [0.15, 0.2) is 0 Å². The monoisotopic (exact) mass is 405 g/mol. The molecule has 3 N–H and O–H groups in total. The van der Waals surface area contributed by atoms with Crippen molar-refractivity contribution in [2.75, 3.05) is 17.6 Å². The van der Waals surface area contributed by atoms with E-state index in [-0.39, 0.29) is 12.5 Å². The number of hydrogen-bond donors (Lipinski definition) is 2. The molecule has 29 heavy (non-hydrogen) atoms. The molecule has 0 atom stereocenters. The minimum absolute atomic E-state index is 0.175. The number of amides is 1. The van der Waals surface area contributed by atoms with Crippen LogP contribution in [0.25, 0.3) is 21.5 Å². The van der Waals surface area contributed by atoms with Gasteiger partial charge < -0.3 is 15.6 Å². The van der Waals surface area contributed by atoms with E-state index < -0.39 is 0 Å². The molecule has 0 spiro atoms. The Morgan fingerprint density at radius 1 is 1.24 bits per heavy atom. The summed E-state index contributed by atoms with van der Waals surface area (Å²) in [6.45, 7) is 2.50. The van der Waals surface area contributed by atoms with Crippen molar-refractivity contribution in [2.24, 2.45) is 5.18 Å². The Bertz CT molecular complexity index is 1200. The largest absolute Gasteiger partial charge is 0.397 e. The highest BCUT2D eigenvalue weighted by molar-refractivity contribution is 7.13. The van der Waals surface area contributed by atoms with Gasteiger partial charge in [0.2, 0.25) is 0 Å². The number of hydrogen-bond acceptors (Lipinski definition) is 6. The van der Waals surface area contributed by atoms with Crippen LogP contribution in [0.1, 0.15) is 16.2 Å². The molecule has 0 radical (unpaired) electrons. The molecule has 0 saturated carbocycles. The van der Waals surface area contributed by atoms with Gasteiger partial charge in [0.25, 0.3) is 5.91 Å². The van der Waals surface area contributed by atoms with Crippen molar-refractivity contribution in [1.82, 2.24) is 9.55 Å². The average Bonchev–Trinajstić information content (AvgIpc) is 3.35. The second-order valence-corrected chi connectivity index (χ2v) is 7.55. The summed E-state index contributed by atoms with van der Waals surface area (Å²) in [6.07, 6.45) is 0. The molecule has 7 nitrogen and oxygen atoms in total. The van der Waals surface area contributed by atoms with Gasteiger partial charge in [0.05, 0.1) is 29.0 Å². The number of thiophene rings is 1. The highest BCUT2D eigenvalue weighted by Crippen LogP contribution is 2.30. The number of rotatable bonds is 6. The first-order valence-corrected chi connectivity index (χ1v) is 9.95. The van der Waals surface area contributed by atoms with Gasteiger partial charge in [-0.25, -0.2) is 4.98 Å². The first kappa shape index (κ1) is 18.8. The Hall–Kier alpha value is -3.52. The number of nitrogen functional groups attached to an aromatic ring is 1. The molecule has 0 saturated heterocycles. The molecule has 146 valence electrons. The Kier molecular flexibility index (Phi) is 5.09. The van der Waals surface area contributed by atoms with Crippen LogP contribution in [0.4, 0.5) is 11.4 Å². The molecule has 4 rings (SSSR count). The van der Waals surface area contributed by atoms with Crippen LogP contribution in [0.3, 0.4) is 0 Å². The van der Waals surface area contributed by atoms with Crippen LogP contribution < -0.4 is 11.1 Å². The smallest absolute Gasteiger partial charge is 0.255 e. The molecule has 2 heterocycles. The average molecular weight is 405 g/mol. The van der Waals surface area contributed by atoms with E-state index >= 15 is 0 Å². The maximum atomic E-state index is 12.8. The molecule has 0 fully saturated rings. The van der Waals surface area contributed by atoms with Crippen LogP contribution in [0, 0.1) is 11.8 Å². The van der Waals surface area contributed by atoms with Crippen LogP contribution in [-0.2, 0) is 6.54 Å².